The topological polar surface area (TPSA) is 52.0 Å². The van der Waals surface area contributed by atoms with Gasteiger partial charge in [0.25, 0.3) is 0 Å². The molecule has 10 heavy (non-hydrogen) atoms. The third-order valence-electron chi connectivity index (χ3n) is 3.36. The lowest BCUT2D eigenvalue weighted by Gasteiger charge is -2.48. The summed E-state index contributed by atoms with van der Waals surface area (Å²) in [7, 11) is 0. The van der Waals surface area contributed by atoms with Crippen molar-refractivity contribution in [2.24, 2.45) is 17.4 Å². The third-order valence-corrected chi connectivity index (χ3v) is 3.36. The Balaban J connectivity index is 2.17. The van der Waals surface area contributed by atoms with E-state index in [1.807, 2.05) is 0 Å². The van der Waals surface area contributed by atoms with E-state index in [1.165, 1.54) is 32.1 Å². The Kier molecular flexibility index (Phi) is 1.29. The summed E-state index contributed by atoms with van der Waals surface area (Å²) in [6, 6.07) is 0.292. The van der Waals surface area contributed by atoms with Crippen LogP contribution in [0, 0.1) is 5.92 Å². The summed E-state index contributed by atoms with van der Waals surface area (Å²) >= 11 is 0. The summed E-state index contributed by atoms with van der Waals surface area (Å²) in [6.07, 6.45) is 6.16. The van der Waals surface area contributed by atoms with Crippen LogP contribution in [-0.4, -0.2) is 11.6 Å². The van der Waals surface area contributed by atoms with Crippen molar-refractivity contribution in [3.8, 4) is 0 Å². The summed E-state index contributed by atoms with van der Waals surface area (Å²) in [4.78, 5) is 0. The molecule has 4 N–H and O–H groups in total. The lowest BCUT2D eigenvalue weighted by molar-refractivity contribution is 0.114. The second-order valence-corrected chi connectivity index (χ2v) is 4.02. The standard InChI is InChI=1S/C8H16N2/c9-7-5-6-1-3-8(7,10)4-2-6/h6-7H,1-5,9-10H2. The fourth-order valence-corrected chi connectivity index (χ4v) is 2.42. The highest BCUT2D eigenvalue weighted by Crippen LogP contribution is 2.41. The number of nitrogens with two attached hydrogens (primary N) is 2. The van der Waals surface area contributed by atoms with Gasteiger partial charge in [-0.15, -0.1) is 0 Å². The van der Waals surface area contributed by atoms with Crippen molar-refractivity contribution in [1.29, 1.82) is 0 Å². The van der Waals surface area contributed by atoms with Crippen molar-refractivity contribution in [3.05, 3.63) is 0 Å². The number of hydrogen-bond donors (Lipinski definition) is 2. The maximum atomic E-state index is 6.11. The Bertz CT molecular complexity index is 136. The van der Waals surface area contributed by atoms with Gasteiger partial charge in [-0.3, -0.25) is 0 Å². The minimum atomic E-state index is 0.0226. The predicted molar refractivity (Wildman–Crippen MR) is 41.5 cm³/mol. The van der Waals surface area contributed by atoms with E-state index in [4.69, 9.17) is 11.5 Å². The van der Waals surface area contributed by atoms with Crippen molar-refractivity contribution < 1.29 is 0 Å². The van der Waals surface area contributed by atoms with Crippen LogP contribution in [-0.2, 0) is 0 Å². The monoisotopic (exact) mass is 140 g/mol. The molecule has 3 aliphatic carbocycles. The Morgan fingerprint density at radius 3 is 2.10 bits per heavy atom. The van der Waals surface area contributed by atoms with Gasteiger partial charge in [0.15, 0.2) is 0 Å². The first-order valence-electron chi connectivity index (χ1n) is 4.25. The van der Waals surface area contributed by atoms with Crippen molar-refractivity contribution >= 4 is 0 Å². The van der Waals surface area contributed by atoms with Crippen LogP contribution < -0.4 is 11.5 Å². The lowest BCUT2D eigenvalue weighted by Crippen LogP contribution is -2.61. The molecule has 0 spiro atoms. The first kappa shape index (κ1) is 6.62. The maximum Gasteiger partial charge on any atom is 0.0308 e. The second kappa shape index (κ2) is 1.95. The van der Waals surface area contributed by atoms with Gasteiger partial charge in [0.05, 0.1) is 0 Å². The molecule has 2 heteroatoms. The molecule has 3 rings (SSSR count). The summed E-state index contributed by atoms with van der Waals surface area (Å²) in [5.74, 6) is 0.903. The Hall–Kier alpha value is -0.0800. The molecule has 3 aliphatic rings. The molecule has 2 bridgehead atoms. The third kappa shape index (κ3) is 0.789. The average Bonchev–Trinajstić information content (AvgIpc) is 1.92. The number of hydrogen-bond acceptors (Lipinski definition) is 2. The molecule has 3 saturated carbocycles. The average molecular weight is 140 g/mol. The number of rotatable bonds is 0. The van der Waals surface area contributed by atoms with E-state index in [9.17, 15) is 0 Å². The zero-order valence-electron chi connectivity index (χ0n) is 6.34. The zero-order chi connectivity index (χ0) is 7.19. The summed E-state index contributed by atoms with van der Waals surface area (Å²) in [5, 5.41) is 0. The van der Waals surface area contributed by atoms with Gasteiger partial charge in [-0.05, 0) is 38.0 Å². The molecular weight excluding hydrogens is 124 g/mol. The fourth-order valence-electron chi connectivity index (χ4n) is 2.42. The maximum absolute atomic E-state index is 6.11. The highest BCUT2D eigenvalue weighted by Gasteiger charge is 2.42. The summed E-state index contributed by atoms with van der Waals surface area (Å²) in [6.45, 7) is 0. The van der Waals surface area contributed by atoms with Crippen LogP contribution in [0.15, 0.2) is 0 Å². The molecule has 0 aromatic carbocycles. The Labute approximate surface area is 62.0 Å². The van der Waals surface area contributed by atoms with Crippen LogP contribution in [0.4, 0.5) is 0 Å². The van der Waals surface area contributed by atoms with Gasteiger partial charge in [-0.2, -0.15) is 0 Å². The molecule has 3 fully saturated rings. The van der Waals surface area contributed by atoms with Crippen LogP contribution in [0.3, 0.4) is 0 Å². The van der Waals surface area contributed by atoms with Crippen LogP contribution >= 0.6 is 0 Å². The van der Waals surface area contributed by atoms with Crippen molar-refractivity contribution in [2.45, 2.75) is 43.7 Å². The van der Waals surface area contributed by atoms with E-state index >= 15 is 0 Å². The van der Waals surface area contributed by atoms with Crippen molar-refractivity contribution in [3.63, 3.8) is 0 Å². The van der Waals surface area contributed by atoms with E-state index in [0.29, 0.717) is 6.04 Å². The largest absolute Gasteiger partial charge is 0.326 e. The van der Waals surface area contributed by atoms with Crippen LogP contribution in [0.5, 0.6) is 0 Å². The van der Waals surface area contributed by atoms with E-state index < -0.39 is 0 Å². The molecule has 1 atom stereocenters. The van der Waals surface area contributed by atoms with E-state index in [2.05, 4.69) is 0 Å². The van der Waals surface area contributed by atoms with Crippen LogP contribution in [0.25, 0.3) is 0 Å². The Morgan fingerprint density at radius 2 is 1.80 bits per heavy atom. The molecule has 0 radical (unpaired) electrons. The lowest BCUT2D eigenvalue weighted by atomic mass is 9.64. The molecule has 1 unspecified atom stereocenters. The minimum Gasteiger partial charge on any atom is -0.326 e. The van der Waals surface area contributed by atoms with Gasteiger partial charge in [0, 0.05) is 11.6 Å². The van der Waals surface area contributed by atoms with E-state index in [0.717, 1.165) is 5.92 Å². The zero-order valence-corrected chi connectivity index (χ0v) is 6.34. The summed E-state index contributed by atoms with van der Waals surface area (Å²) in [5.41, 5.74) is 12.1. The van der Waals surface area contributed by atoms with Gasteiger partial charge >= 0.3 is 0 Å². The van der Waals surface area contributed by atoms with Crippen molar-refractivity contribution in [2.75, 3.05) is 0 Å². The molecule has 0 amide bonds. The van der Waals surface area contributed by atoms with Crippen LogP contribution in [0.1, 0.15) is 32.1 Å². The molecule has 0 saturated heterocycles. The van der Waals surface area contributed by atoms with E-state index in [1.54, 1.807) is 0 Å². The normalized spacial score (nSPS) is 53.4. The molecule has 0 aromatic rings. The summed E-state index contributed by atoms with van der Waals surface area (Å²) < 4.78 is 0. The molecule has 2 nitrogen and oxygen atoms in total. The van der Waals surface area contributed by atoms with Crippen molar-refractivity contribution in [1.82, 2.24) is 0 Å². The number of fused-ring (bicyclic) bond motifs is 3. The minimum absolute atomic E-state index is 0.0226. The van der Waals surface area contributed by atoms with Gasteiger partial charge in [0.2, 0.25) is 0 Å². The first-order chi connectivity index (χ1) is 4.71. The molecule has 0 aromatic heterocycles. The fraction of sp³-hybridized carbons (Fsp3) is 1.00. The SMILES string of the molecule is NC1CC2CCC1(N)CC2. The highest BCUT2D eigenvalue weighted by atomic mass is 14.9. The molecule has 58 valence electrons. The molecule has 0 heterocycles. The quantitative estimate of drug-likeness (QED) is 0.518. The second-order valence-electron chi connectivity index (χ2n) is 4.02. The predicted octanol–water partition coefficient (Wildman–Crippen LogP) is 0.605. The van der Waals surface area contributed by atoms with E-state index in [-0.39, 0.29) is 5.54 Å². The Morgan fingerprint density at radius 1 is 1.20 bits per heavy atom. The smallest absolute Gasteiger partial charge is 0.0308 e. The highest BCUT2D eigenvalue weighted by molar-refractivity contribution is 5.03. The van der Waals surface area contributed by atoms with Gasteiger partial charge in [-0.1, -0.05) is 0 Å². The van der Waals surface area contributed by atoms with Gasteiger partial charge in [-0.25, -0.2) is 0 Å². The van der Waals surface area contributed by atoms with Gasteiger partial charge in [0.1, 0.15) is 0 Å². The first-order valence-corrected chi connectivity index (χ1v) is 4.25. The van der Waals surface area contributed by atoms with Gasteiger partial charge < -0.3 is 11.5 Å². The molecule has 0 aliphatic heterocycles. The molecular formula is C8H16N2. The van der Waals surface area contributed by atoms with Crippen LogP contribution in [0.2, 0.25) is 0 Å².